The minimum atomic E-state index is 0.141. The molecule has 0 bridgehead atoms. The predicted octanol–water partition coefficient (Wildman–Crippen LogP) is 8.03. The number of fused-ring (bicyclic) bond motifs is 10. The Bertz CT molecular complexity index is 2390. The fourth-order valence-corrected chi connectivity index (χ4v) is 8.41. The van der Waals surface area contributed by atoms with Gasteiger partial charge in [-0.25, -0.2) is 0 Å². The van der Waals surface area contributed by atoms with Crippen molar-refractivity contribution in [3.8, 4) is 11.4 Å². The van der Waals surface area contributed by atoms with Crippen molar-refractivity contribution in [2.24, 2.45) is 0 Å². The third kappa shape index (κ3) is 2.89. The van der Waals surface area contributed by atoms with E-state index in [1.165, 1.54) is 58.9 Å². The number of para-hydroxylation sites is 3. The van der Waals surface area contributed by atoms with Crippen LogP contribution in [-0.4, -0.2) is 33.6 Å². The van der Waals surface area contributed by atoms with E-state index in [4.69, 9.17) is 0 Å². The number of benzene rings is 5. The second kappa shape index (κ2) is 7.90. The summed E-state index contributed by atoms with van der Waals surface area (Å²) in [4.78, 5) is 9.28. The van der Waals surface area contributed by atoms with Gasteiger partial charge in [0.2, 0.25) is 0 Å². The summed E-state index contributed by atoms with van der Waals surface area (Å²) >= 11 is 0.141. The third-order valence-electron chi connectivity index (χ3n) is 7.83. The average molecular weight is 564 g/mol. The van der Waals surface area contributed by atoms with Gasteiger partial charge in [-0.15, -0.1) is 0 Å². The van der Waals surface area contributed by atoms with Crippen molar-refractivity contribution in [2.75, 3.05) is 0 Å². The SMILES string of the molecule is c1ccc(-n2c3ccccc3c3ccc4c5ccccc5n(-c5ccc6c(c5)[se]c5nccnc56)c4c32)cc1. The van der Waals surface area contributed by atoms with Crippen molar-refractivity contribution in [1.29, 1.82) is 0 Å². The van der Waals surface area contributed by atoms with E-state index in [9.17, 15) is 0 Å². The molecule has 9 aromatic rings. The first-order valence-electron chi connectivity index (χ1n) is 13.0. The van der Waals surface area contributed by atoms with Gasteiger partial charge in [0.1, 0.15) is 0 Å². The van der Waals surface area contributed by atoms with Crippen LogP contribution < -0.4 is 0 Å². The topological polar surface area (TPSA) is 35.6 Å². The Morgan fingerprint density at radius 2 is 1.08 bits per heavy atom. The van der Waals surface area contributed by atoms with Crippen LogP contribution in [0.15, 0.2) is 122 Å². The first-order valence-corrected chi connectivity index (χ1v) is 14.7. The molecule has 0 unspecified atom stereocenters. The summed E-state index contributed by atoms with van der Waals surface area (Å²) in [6, 6.07) is 39.7. The fourth-order valence-electron chi connectivity index (χ4n) is 6.23. The van der Waals surface area contributed by atoms with E-state index in [2.05, 4.69) is 128 Å². The maximum atomic E-state index is 4.65. The Morgan fingerprint density at radius 1 is 0.487 bits per heavy atom. The molecule has 0 aliphatic heterocycles. The van der Waals surface area contributed by atoms with E-state index in [0.717, 1.165) is 15.6 Å². The monoisotopic (exact) mass is 564 g/mol. The van der Waals surface area contributed by atoms with Crippen molar-refractivity contribution in [2.45, 2.75) is 0 Å². The summed E-state index contributed by atoms with van der Waals surface area (Å²) in [6.45, 7) is 0. The summed E-state index contributed by atoms with van der Waals surface area (Å²) in [6.07, 6.45) is 3.60. The van der Waals surface area contributed by atoms with Crippen LogP contribution in [0.2, 0.25) is 0 Å². The maximum absolute atomic E-state index is 4.65. The van der Waals surface area contributed by atoms with E-state index in [0.29, 0.717) is 0 Å². The Kier molecular flexibility index (Phi) is 4.31. The van der Waals surface area contributed by atoms with Gasteiger partial charge in [0.15, 0.2) is 0 Å². The van der Waals surface area contributed by atoms with Crippen LogP contribution in [0.25, 0.3) is 74.5 Å². The molecule has 0 aliphatic rings. The van der Waals surface area contributed by atoms with Crippen molar-refractivity contribution in [3.05, 3.63) is 122 Å². The fraction of sp³-hybridized carbons (Fsp3) is 0. The molecule has 182 valence electrons. The zero-order chi connectivity index (χ0) is 25.5. The van der Waals surface area contributed by atoms with Crippen LogP contribution >= 0.6 is 0 Å². The first kappa shape index (κ1) is 21.3. The standard InChI is InChI=1S/C34H20N4Se/c1-2-8-21(9-3-1)37-28-12-6-4-10-23(28)25-16-17-26-24-11-5-7-13-29(24)38(33(26)32(25)37)22-14-15-27-30(20-22)39-34-31(27)35-18-19-36-34/h1-20H. The summed E-state index contributed by atoms with van der Waals surface area (Å²) in [5.74, 6) is 0. The van der Waals surface area contributed by atoms with E-state index >= 15 is 0 Å². The van der Waals surface area contributed by atoms with Crippen LogP contribution in [0.5, 0.6) is 0 Å². The van der Waals surface area contributed by atoms with Gasteiger partial charge in [-0.2, -0.15) is 0 Å². The second-order valence-electron chi connectivity index (χ2n) is 9.89. The number of rotatable bonds is 2. The van der Waals surface area contributed by atoms with Crippen LogP contribution in [-0.2, 0) is 0 Å². The van der Waals surface area contributed by atoms with Gasteiger partial charge in [-0.3, -0.25) is 0 Å². The van der Waals surface area contributed by atoms with Crippen LogP contribution in [0, 0.1) is 0 Å². The van der Waals surface area contributed by atoms with Crippen molar-refractivity contribution >= 4 is 77.7 Å². The summed E-state index contributed by atoms with van der Waals surface area (Å²) < 4.78 is 7.35. The Hall–Kier alpha value is -4.70. The van der Waals surface area contributed by atoms with Gasteiger partial charge in [-0.05, 0) is 0 Å². The van der Waals surface area contributed by atoms with Crippen molar-refractivity contribution in [3.63, 3.8) is 0 Å². The number of aromatic nitrogens is 4. The van der Waals surface area contributed by atoms with Gasteiger partial charge >= 0.3 is 230 Å². The van der Waals surface area contributed by atoms with Gasteiger partial charge < -0.3 is 0 Å². The molecule has 4 aromatic heterocycles. The van der Waals surface area contributed by atoms with Gasteiger partial charge in [0.05, 0.1) is 0 Å². The molecule has 0 atom stereocenters. The molecular formula is C34H20N4Se. The van der Waals surface area contributed by atoms with Gasteiger partial charge in [-0.1, -0.05) is 0 Å². The minimum absolute atomic E-state index is 0.141. The van der Waals surface area contributed by atoms with E-state index in [1.54, 1.807) is 12.4 Å². The molecule has 5 heteroatoms. The average Bonchev–Trinajstić information content (AvgIpc) is 3.65. The Morgan fingerprint density at radius 3 is 1.79 bits per heavy atom. The van der Waals surface area contributed by atoms with E-state index in [-0.39, 0.29) is 14.5 Å². The Balaban J connectivity index is 1.50. The van der Waals surface area contributed by atoms with Crippen LogP contribution in [0.1, 0.15) is 0 Å². The molecule has 39 heavy (non-hydrogen) atoms. The van der Waals surface area contributed by atoms with Crippen molar-refractivity contribution in [1.82, 2.24) is 19.1 Å². The molecule has 0 fully saturated rings. The second-order valence-corrected chi connectivity index (χ2v) is 12.1. The number of hydrogen-bond donors (Lipinski definition) is 0. The normalized spacial score (nSPS) is 12.1. The quantitative estimate of drug-likeness (QED) is 0.200. The molecular weight excluding hydrogens is 543 g/mol. The molecule has 0 saturated heterocycles. The van der Waals surface area contributed by atoms with Crippen molar-refractivity contribution < 1.29 is 0 Å². The molecule has 0 amide bonds. The molecule has 0 radical (unpaired) electrons. The summed E-state index contributed by atoms with van der Waals surface area (Å²) in [5.41, 5.74) is 8.26. The summed E-state index contributed by atoms with van der Waals surface area (Å²) in [7, 11) is 0. The molecule has 0 N–H and O–H groups in total. The molecule has 5 aromatic carbocycles. The molecule has 0 spiro atoms. The predicted molar refractivity (Wildman–Crippen MR) is 163 cm³/mol. The first-order chi connectivity index (χ1) is 19.4. The van der Waals surface area contributed by atoms with E-state index in [1.807, 2.05) is 0 Å². The third-order valence-corrected chi connectivity index (χ3v) is 10.0. The van der Waals surface area contributed by atoms with Gasteiger partial charge in [0.25, 0.3) is 0 Å². The number of nitrogens with zero attached hydrogens (tertiary/aromatic N) is 4. The van der Waals surface area contributed by atoms with Crippen LogP contribution in [0.3, 0.4) is 0 Å². The van der Waals surface area contributed by atoms with Crippen LogP contribution in [0.4, 0.5) is 0 Å². The Labute approximate surface area is 229 Å². The molecule has 9 rings (SSSR count). The zero-order valence-electron chi connectivity index (χ0n) is 20.7. The van der Waals surface area contributed by atoms with Gasteiger partial charge in [0, 0.05) is 0 Å². The molecule has 4 heterocycles. The zero-order valence-corrected chi connectivity index (χ0v) is 22.5. The molecule has 0 aliphatic carbocycles. The molecule has 4 nitrogen and oxygen atoms in total. The summed E-state index contributed by atoms with van der Waals surface area (Å²) in [5, 5.41) is 6.26. The van der Waals surface area contributed by atoms with E-state index < -0.39 is 0 Å². The number of hydrogen-bond acceptors (Lipinski definition) is 2. The molecule has 0 saturated carbocycles.